The number of carbonyl (C=O) groups is 1. The maximum absolute atomic E-state index is 12.1. The molecule has 1 rings (SSSR count). The van der Waals surface area contributed by atoms with E-state index < -0.39 is 12.1 Å². The summed E-state index contributed by atoms with van der Waals surface area (Å²) in [6, 6.07) is 0. The number of hydrogen-bond acceptors (Lipinski definition) is 4. The number of methoxy groups -OCH3 is 1. The minimum Gasteiger partial charge on any atom is -0.378 e. The molecule has 1 fully saturated rings. The smallest absolute Gasteiger partial charge is 0.378 e. The summed E-state index contributed by atoms with van der Waals surface area (Å²) in [6.45, 7) is 2.60. The molecule has 0 aliphatic carbocycles. The molecule has 0 unspecified atom stereocenters. The zero-order chi connectivity index (χ0) is 14.5. The standard InChI is InChI=1S/C12H20F3NO3/c1-3-4-5-11(18-2)6-8-16(9-7-11)19-10(17)12(13,14)15/h3-9H2,1-2H3. The van der Waals surface area contributed by atoms with E-state index in [-0.39, 0.29) is 18.7 Å². The average molecular weight is 283 g/mol. The van der Waals surface area contributed by atoms with Gasteiger partial charge in [0.15, 0.2) is 0 Å². The molecule has 1 saturated heterocycles. The second-order valence-corrected chi connectivity index (χ2v) is 4.80. The van der Waals surface area contributed by atoms with Gasteiger partial charge in [-0.15, -0.1) is 5.06 Å². The molecule has 1 aliphatic rings. The summed E-state index contributed by atoms with van der Waals surface area (Å²) in [5, 5.41) is 1.07. The first-order chi connectivity index (χ1) is 8.83. The van der Waals surface area contributed by atoms with E-state index in [4.69, 9.17) is 4.74 Å². The number of alkyl halides is 3. The second-order valence-electron chi connectivity index (χ2n) is 4.80. The minimum absolute atomic E-state index is 0.263. The molecule has 0 spiro atoms. The van der Waals surface area contributed by atoms with Crippen LogP contribution in [-0.4, -0.2) is 43.0 Å². The Morgan fingerprint density at radius 3 is 2.32 bits per heavy atom. The fourth-order valence-corrected chi connectivity index (χ4v) is 2.21. The van der Waals surface area contributed by atoms with Gasteiger partial charge in [0, 0.05) is 20.2 Å². The Labute approximate surface area is 110 Å². The number of rotatable bonds is 5. The molecule has 0 aromatic carbocycles. The summed E-state index contributed by atoms with van der Waals surface area (Å²) in [5.74, 6) is -2.16. The van der Waals surface area contributed by atoms with E-state index in [1.807, 2.05) is 0 Å². The van der Waals surface area contributed by atoms with Crippen LogP contribution in [0.15, 0.2) is 0 Å². The first kappa shape index (κ1) is 16.2. The molecule has 0 radical (unpaired) electrons. The molecular formula is C12H20F3NO3. The van der Waals surface area contributed by atoms with Crippen LogP contribution in [0.2, 0.25) is 0 Å². The van der Waals surface area contributed by atoms with Gasteiger partial charge in [0.25, 0.3) is 0 Å². The number of nitrogens with zero attached hydrogens (tertiary/aromatic N) is 1. The van der Waals surface area contributed by atoms with E-state index in [1.165, 1.54) is 0 Å². The van der Waals surface area contributed by atoms with Gasteiger partial charge in [-0.05, 0) is 19.3 Å². The molecule has 7 heteroatoms. The van der Waals surface area contributed by atoms with Gasteiger partial charge in [0.05, 0.1) is 5.60 Å². The summed E-state index contributed by atoms with van der Waals surface area (Å²) >= 11 is 0. The second kappa shape index (κ2) is 6.56. The number of piperidine rings is 1. The van der Waals surface area contributed by atoms with E-state index in [0.717, 1.165) is 24.3 Å². The highest BCUT2D eigenvalue weighted by atomic mass is 19.4. The number of hydroxylamine groups is 2. The maximum Gasteiger partial charge on any atom is 0.492 e. The summed E-state index contributed by atoms with van der Waals surface area (Å²) in [5.41, 5.74) is -0.294. The van der Waals surface area contributed by atoms with E-state index in [1.54, 1.807) is 7.11 Å². The lowest BCUT2D eigenvalue weighted by Gasteiger charge is -2.39. The van der Waals surface area contributed by atoms with Crippen molar-refractivity contribution in [3.05, 3.63) is 0 Å². The third-order valence-corrected chi connectivity index (χ3v) is 3.50. The lowest BCUT2D eigenvalue weighted by molar-refractivity contribution is -0.248. The van der Waals surface area contributed by atoms with Crippen LogP contribution in [0, 0.1) is 0 Å². The maximum atomic E-state index is 12.1. The van der Waals surface area contributed by atoms with Gasteiger partial charge in [-0.1, -0.05) is 19.8 Å². The van der Waals surface area contributed by atoms with Crippen molar-refractivity contribution in [2.24, 2.45) is 0 Å². The van der Waals surface area contributed by atoms with Crippen molar-refractivity contribution in [1.29, 1.82) is 0 Å². The van der Waals surface area contributed by atoms with Crippen LogP contribution in [-0.2, 0) is 14.4 Å². The van der Waals surface area contributed by atoms with E-state index in [0.29, 0.717) is 12.8 Å². The monoisotopic (exact) mass is 283 g/mol. The Balaban J connectivity index is 2.45. The first-order valence-corrected chi connectivity index (χ1v) is 6.42. The van der Waals surface area contributed by atoms with Gasteiger partial charge in [-0.25, -0.2) is 4.79 Å². The van der Waals surface area contributed by atoms with Gasteiger partial charge < -0.3 is 9.57 Å². The van der Waals surface area contributed by atoms with Crippen molar-refractivity contribution in [2.75, 3.05) is 20.2 Å². The number of ether oxygens (including phenoxy) is 1. The summed E-state index contributed by atoms with van der Waals surface area (Å²) in [7, 11) is 1.62. The SMILES string of the molecule is CCCCC1(OC)CCN(OC(=O)C(F)(F)F)CC1. The zero-order valence-electron chi connectivity index (χ0n) is 11.3. The molecule has 1 heterocycles. The van der Waals surface area contributed by atoms with Crippen LogP contribution in [0.5, 0.6) is 0 Å². The highest BCUT2D eigenvalue weighted by molar-refractivity contribution is 5.75. The molecule has 1 aliphatic heterocycles. The quantitative estimate of drug-likeness (QED) is 0.777. The minimum atomic E-state index is -4.95. The van der Waals surface area contributed by atoms with Gasteiger partial charge in [-0.2, -0.15) is 13.2 Å². The van der Waals surface area contributed by atoms with E-state index in [9.17, 15) is 18.0 Å². The lowest BCUT2D eigenvalue weighted by Crippen LogP contribution is -2.47. The van der Waals surface area contributed by atoms with Crippen molar-refractivity contribution >= 4 is 5.97 Å². The Morgan fingerprint density at radius 2 is 1.89 bits per heavy atom. The predicted molar refractivity (Wildman–Crippen MR) is 62.2 cm³/mol. The molecule has 0 aromatic heterocycles. The van der Waals surface area contributed by atoms with E-state index >= 15 is 0 Å². The molecule has 0 amide bonds. The number of hydrogen-bond donors (Lipinski definition) is 0. The molecule has 0 atom stereocenters. The third-order valence-electron chi connectivity index (χ3n) is 3.50. The van der Waals surface area contributed by atoms with Crippen LogP contribution >= 0.6 is 0 Å². The number of carbonyl (C=O) groups excluding carboxylic acids is 1. The highest BCUT2D eigenvalue weighted by Crippen LogP contribution is 2.31. The van der Waals surface area contributed by atoms with Crippen LogP contribution < -0.4 is 0 Å². The normalized spacial score (nSPS) is 20.3. The Morgan fingerprint density at radius 1 is 1.32 bits per heavy atom. The van der Waals surface area contributed by atoms with Crippen LogP contribution in [0.3, 0.4) is 0 Å². The van der Waals surface area contributed by atoms with Crippen molar-refractivity contribution in [3.63, 3.8) is 0 Å². The summed E-state index contributed by atoms with van der Waals surface area (Å²) in [4.78, 5) is 15.0. The van der Waals surface area contributed by atoms with Crippen molar-refractivity contribution < 1.29 is 27.5 Å². The Kier molecular flexibility index (Phi) is 5.61. The molecule has 0 N–H and O–H groups in total. The van der Waals surface area contributed by atoms with E-state index in [2.05, 4.69) is 11.8 Å². The number of unbranched alkanes of at least 4 members (excludes halogenated alkanes) is 1. The molecule has 0 bridgehead atoms. The van der Waals surface area contributed by atoms with Crippen molar-refractivity contribution in [2.45, 2.75) is 50.8 Å². The molecule has 112 valence electrons. The Hall–Kier alpha value is -0.820. The van der Waals surface area contributed by atoms with Gasteiger partial charge in [-0.3, -0.25) is 0 Å². The lowest BCUT2D eigenvalue weighted by atomic mass is 9.87. The van der Waals surface area contributed by atoms with Crippen LogP contribution in [0.4, 0.5) is 13.2 Å². The average Bonchev–Trinajstić information content (AvgIpc) is 2.37. The van der Waals surface area contributed by atoms with Crippen LogP contribution in [0.25, 0.3) is 0 Å². The fraction of sp³-hybridized carbons (Fsp3) is 0.917. The van der Waals surface area contributed by atoms with Crippen molar-refractivity contribution in [3.8, 4) is 0 Å². The first-order valence-electron chi connectivity index (χ1n) is 6.42. The molecule has 0 aromatic rings. The van der Waals surface area contributed by atoms with Gasteiger partial charge in [0.2, 0.25) is 0 Å². The predicted octanol–water partition coefficient (Wildman–Crippen LogP) is 2.68. The Bertz CT molecular complexity index is 299. The summed E-state index contributed by atoms with van der Waals surface area (Å²) in [6.07, 6.45) is -0.892. The highest BCUT2D eigenvalue weighted by Gasteiger charge is 2.44. The van der Waals surface area contributed by atoms with Crippen LogP contribution in [0.1, 0.15) is 39.0 Å². The molecule has 19 heavy (non-hydrogen) atoms. The van der Waals surface area contributed by atoms with Gasteiger partial charge in [0.1, 0.15) is 0 Å². The van der Waals surface area contributed by atoms with Crippen molar-refractivity contribution in [1.82, 2.24) is 5.06 Å². The number of halogens is 3. The fourth-order valence-electron chi connectivity index (χ4n) is 2.21. The summed E-state index contributed by atoms with van der Waals surface area (Å²) < 4.78 is 41.7. The molecule has 4 nitrogen and oxygen atoms in total. The third kappa shape index (κ3) is 4.65. The van der Waals surface area contributed by atoms with Gasteiger partial charge >= 0.3 is 12.1 Å². The topological polar surface area (TPSA) is 38.8 Å². The molecule has 0 saturated carbocycles. The largest absolute Gasteiger partial charge is 0.492 e. The molecular weight excluding hydrogens is 263 g/mol. The zero-order valence-corrected chi connectivity index (χ0v) is 11.3.